The maximum absolute atomic E-state index is 11.5. The zero-order valence-electron chi connectivity index (χ0n) is 10.5. The molecule has 1 aliphatic rings. The summed E-state index contributed by atoms with van der Waals surface area (Å²) < 4.78 is 10.3. The lowest BCUT2D eigenvalue weighted by atomic mass is 10.2. The number of anilines is 1. The van der Waals surface area contributed by atoms with Crippen LogP contribution in [0.2, 0.25) is 5.02 Å². The number of amides is 1. The van der Waals surface area contributed by atoms with E-state index in [9.17, 15) is 14.9 Å². The molecule has 1 N–H and O–H groups in total. The van der Waals surface area contributed by atoms with E-state index in [1.807, 2.05) is 0 Å². The Morgan fingerprint density at radius 3 is 3.05 bits per heavy atom. The molecule has 1 fully saturated rings. The Hall–Kier alpha value is -1.86. The van der Waals surface area contributed by atoms with Crippen LogP contribution in [0.5, 0.6) is 0 Å². The van der Waals surface area contributed by atoms with Gasteiger partial charge in [-0.25, -0.2) is 4.79 Å². The fourth-order valence-corrected chi connectivity index (χ4v) is 2.02. The van der Waals surface area contributed by atoms with Crippen molar-refractivity contribution in [1.29, 1.82) is 0 Å². The number of benzene rings is 1. The molecule has 20 heavy (non-hydrogen) atoms. The van der Waals surface area contributed by atoms with E-state index in [0.29, 0.717) is 6.61 Å². The predicted octanol–water partition coefficient (Wildman–Crippen LogP) is 2.98. The van der Waals surface area contributed by atoms with Crippen molar-refractivity contribution in [2.24, 2.45) is 0 Å². The lowest BCUT2D eigenvalue weighted by molar-refractivity contribution is -0.384. The molecule has 1 amide bonds. The first kappa shape index (κ1) is 14.5. The summed E-state index contributed by atoms with van der Waals surface area (Å²) in [4.78, 5) is 21.6. The number of nitrogens with one attached hydrogen (secondary N) is 1. The molecule has 1 atom stereocenters. The molecular formula is C12H13ClN2O5. The second-order valence-electron chi connectivity index (χ2n) is 4.28. The first-order valence-corrected chi connectivity index (χ1v) is 6.43. The highest BCUT2D eigenvalue weighted by atomic mass is 35.5. The van der Waals surface area contributed by atoms with E-state index < -0.39 is 11.0 Å². The van der Waals surface area contributed by atoms with Gasteiger partial charge in [0.15, 0.2) is 0 Å². The Morgan fingerprint density at radius 2 is 2.40 bits per heavy atom. The van der Waals surface area contributed by atoms with Crippen LogP contribution in [0.1, 0.15) is 12.8 Å². The lowest BCUT2D eigenvalue weighted by Gasteiger charge is -2.11. The summed E-state index contributed by atoms with van der Waals surface area (Å²) >= 11 is 5.67. The van der Waals surface area contributed by atoms with Gasteiger partial charge in [-0.15, -0.1) is 0 Å². The molecule has 1 aromatic carbocycles. The van der Waals surface area contributed by atoms with E-state index >= 15 is 0 Å². The minimum Gasteiger partial charge on any atom is -0.447 e. The van der Waals surface area contributed by atoms with Gasteiger partial charge in [-0.3, -0.25) is 15.4 Å². The van der Waals surface area contributed by atoms with E-state index in [2.05, 4.69) is 5.32 Å². The summed E-state index contributed by atoms with van der Waals surface area (Å²) in [6, 6.07) is 3.98. The molecule has 0 saturated carbocycles. The van der Waals surface area contributed by atoms with Crippen LogP contribution in [0.25, 0.3) is 0 Å². The normalized spacial score (nSPS) is 17.8. The maximum Gasteiger partial charge on any atom is 0.411 e. The van der Waals surface area contributed by atoms with Crippen LogP contribution in [0, 0.1) is 10.1 Å². The number of nitro benzene ring substituents is 1. The molecule has 108 valence electrons. The highest BCUT2D eigenvalue weighted by molar-refractivity contribution is 6.32. The predicted molar refractivity (Wildman–Crippen MR) is 72.1 cm³/mol. The highest BCUT2D eigenvalue weighted by Crippen LogP contribution is 2.27. The molecule has 0 aliphatic carbocycles. The number of carbonyl (C=O) groups is 1. The molecule has 0 radical (unpaired) electrons. The first-order chi connectivity index (χ1) is 9.56. The van der Waals surface area contributed by atoms with Crippen molar-refractivity contribution >= 4 is 29.1 Å². The number of nitrogens with zero attached hydrogens (tertiary/aromatic N) is 1. The lowest BCUT2D eigenvalue weighted by Crippen LogP contribution is -2.21. The number of halogens is 1. The molecule has 1 aromatic rings. The second kappa shape index (κ2) is 6.53. The summed E-state index contributed by atoms with van der Waals surface area (Å²) in [5, 5.41) is 13.1. The van der Waals surface area contributed by atoms with Crippen molar-refractivity contribution in [2.75, 3.05) is 18.5 Å². The smallest absolute Gasteiger partial charge is 0.411 e. The summed E-state index contributed by atoms with van der Waals surface area (Å²) in [5.74, 6) is 0. The average molecular weight is 301 g/mol. The van der Waals surface area contributed by atoms with Crippen LogP contribution in [-0.4, -0.2) is 30.3 Å². The number of hydrogen-bond acceptors (Lipinski definition) is 5. The number of nitro groups is 1. The van der Waals surface area contributed by atoms with Crippen molar-refractivity contribution in [3.05, 3.63) is 33.3 Å². The van der Waals surface area contributed by atoms with E-state index in [0.717, 1.165) is 12.8 Å². The third-order valence-electron chi connectivity index (χ3n) is 2.81. The van der Waals surface area contributed by atoms with Crippen LogP contribution >= 0.6 is 11.6 Å². The molecule has 7 nitrogen and oxygen atoms in total. The van der Waals surface area contributed by atoms with Gasteiger partial charge in [0.05, 0.1) is 16.7 Å². The van der Waals surface area contributed by atoms with Crippen molar-refractivity contribution in [2.45, 2.75) is 18.9 Å². The number of ether oxygens (including phenoxy) is 2. The van der Waals surface area contributed by atoms with Gasteiger partial charge >= 0.3 is 6.09 Å². The van der Waals surface area contributed by atoms with Crippen molar-refractivity contribution in [3.63, 3.8) is 0 Å². The van der Waals surface area contributed by atoms with E-state index in [4.69, 9.17) is 21.1 Å². The first-order valence-electron chi connectivity index (χ1n) is 6.05. The third kappa shape index (κ3) is 3.82. The van der Waals surface area contributed by atoms with Gasteiger partial charge in [-0.05, 0) is 25.0 Å². The second-order valence-corrected chi connectivity index (χ2v) is 4.69. The molecule has 0 aromatic heterocycles. The number of carbonyl (C=O) groups excluding carboxylic acids is 1. The van der Waals surface area contributed by atoms with E-state index in [1.165, 1.54) is 18.2 Å². The quantitative estimate of drug-likeness (QED) is 0.682. The summed E-state index contributed by atoms with van der Waals surface area (Å²) in [6.07, 6.45) is 1.07. The maximum atomic E-state index is 11.5. The molecule has 0 unspecified atom stereocenters. The van der Waals surface area contributed by atoms with Crippen molar-refractivity contribution in [1.82, 2.24) is 0 Å². The van der Waals surface area contributed by atoms with Gasteiger partial charge in [0.1, 0.15) is 11.6 Å². The molecular weight excluding hydrogens is 288 g/mol. The van der Waals surface area contributed by atoms with E-state index in [1.54, 1.807) is 0 Å². The highest BCUT2D eigenvalue weighted by Gasteiger charge is 2.18. The molecule has 1 heterocycles. The Balaban J connectivity index is 1.90. The monoisotopic (exact) mass is 300 g/mol. The zero-order chi connectivity index (χ0) is 14.5. The van der Waals surface area contributed by atoms with E-state index in [-0.39, 0.29) is 29.1 Å². The summed E-state index contributed by atoms with van der Waals surface area (Å²) in [6.45, 7) is 0.848. The van der Waals surface area contributed by atoms with Crippen LogP contribution in [0.3, 0.4) is 0 Å². The zero-order valence-corrected chi connectivity index (χ0v) is 11.3. The Kier molecular flexibility index (Phi) is 4.75. The summed E-state index contributed by atoms with van der Waals surface area (Å²) in [7, 11) is 0. The molecule has 8 heteroatoms. The Morgan fingerprint density at radius 1 is 1.60 bits per heavy atom. The largest absolute Gasteiger partial charge is 0.447 e. The van der Waals surface area contributed by atoms with Gasteiger partial charge in [-0.1, -0.05) is 11.6 Å². The van der Waals surface area contributed by atoms with Crippen LogP contribution in [-0.2, 0) is 9.47 Å². The van der Waals surface area contributed by atoms with Gasteiger partial charge in [-0.2, -0.15) is 0 Å². The molecule has 0 spiro atoms. The number of hydrogen-bond donors (Lipinski definition) is 1. The molecule has 1 saturated heterocycles. The number of rotatable bonds is 4. The van der Waals surface area contributed by atoms with Gasteiger partial charge in [0.25, 0.3) is 5.69 Å². The van der Waals surface area contributed by atoms with Crippen molar-refractivity contribution < 1.29 is 19.2 Å². The fourth-order valence-electron chi connectivity index (χ4n) is 1.83. The topological polar surface area (TPSA) is 90.7 Å². The summed E-state index contributed by atoms with van der Waals surface area (Å²) in [5.41, 5.74) is -0.0259. The van der Waals surface area contributed by atoms with Gasteiger partial charge < -0.3 is 9.47 Å². The van der Waals surface area contributed by atoms with Crippen molar-refractivity contribution in [3.8, 4) is 0 Å². The van der Waals surface area contributed by atoms with Gasteiger partial charge in [0.2, 0.25) is 0 Å². The third-order valence-corrected chi connectivity index (χ3v) is 3.13. The van der Waals surface area contributed by atoms with Crippen LogP contribution < -0.4 is 5.32 Å². The van der Waals surface area contributed by atoms with Crippen LogP contribution in [0.4, 0.5) is 16.2 Å². The fraction of sp³-hybridized carbons (Fsp3) is 0.417. The van der Waals surface area contributed by atoms with Crippen LogP contribution in [0.15, 0.2) is 18.2 Å². The molecule has 0 bridgehead atoms. The minimum absolute atomic E-state index is 0.00766. The SMILES string of the molecule is O=C(Nc1ccc(Cl)c([N+](=O)[O-])c1)OC[C@H]1CCCO1. The Labute approximate surface area is 120 Å². The van der Waals surface area contributed by atoms with Gasteiger partial charge in [0, 0.05) is 12.7 Å². The molecule has 2 rings (SSSR count). The Bertz CT molecular complexity index is 517. The molecule has 1 aliphatic heterocycles. The average Bonchev–Trinajstić information content (AvgIpc) is 2.91. The minimum atomic E-state index is -0.683. The standard InChI is InChI=1S/C12H13ClN2O5/c13-10-4-3-8(6-11(10)15(17)18)14-12(16)20-7-9-2-1-5-19-9/h3-4,6,9H,1-2,5,7H2,(H,14,16)/t9-/m1/s1.